The molecule has 4 heteroatoms. The molecule has 1 aliphatic heterocycles. The largest absolute Gasteiger partial charge is 0.490 e. The van der Waals surface area contributed by atoms with Crippen molar-refractivity contribution in [2.45, 2.75) is 20.0 Å². The van der Waals surface area contributed by atoms with Crippen LogP contribution >= 0.6 is 0 Å². The molecule has 0 unspecified atom stereocenters. The lowest BCUT2D eigenvalue weighted by Gasteiger charge is -2.26. The Bertz CT molecular complexity index is 450. The third kappa shape index (κ3) is 2.64. The molecule has 2 rings (SSSR count). The predicted molar refractivity (Wildman–Crippen MR) is 65.6 cm³/mol. The maximum atomic E-state index is 11.7. The summed E-state index contributed by atoms with van der Waals surface area (Å²) in [6, 6.07) is 9.66. The second-order valence-corrected chi connectivity index (χ2v) is 3.93. The van der Waals surface area contributed by atoms with Gasteiger partial charge in [0.1, 0.15) is 12.4 Å². The number of allylic oxidation sites excluding steroid dienone is 1. The van der Waals surface area contributed by atoms with Gasteiger partial charge in [0.15, 0.2) is 6.10 Å². The lowest BCUT2D eigenvalue weighted by Crippen LogP contribution is -2.23. The second-order valence-electron chi connectivity index (χ2n) is 3.93. The van der Waals surface area contributed by atoms with Gasteiger partial charge in [0.05, 0.1) is 6.61 Å². The van der Waals surface area contributed by atoms with E-state index in [-0.39, 0.29) is 11.9 Å². The van der Waals surface area contributed by atoms with Gasteiger partial charge in [-0.15, -0.1) is 0 Å². The Morgan fingerprint density at radius 3 is 2.78 bits per heavy atom. The van der Waals surface area contributed by atoms with E-state index < -0.39 is 5.97 Å². The van der Waals surface area contributed by atoms with Crippen LogP contribution < -0.4 is 0 Å². The molecule has 0 fully saturated rings. The molecule has 1 aliphatic rings. The van der Waals surface area contributed by atoms with Crippen LogP contribution in [0, 0.1) is 0 Å². The van der Waals surface area contributed by atoms with E-state index in [2.05, 4.69) is 0 Å². The van der Waals surface area contributed by atoms with E-state index in [0.717, 1.165) is 5.56 Å². The zero-order valence-electron chi connectivity index (χ0n) is 10.5. The Hall–Kier alpha value is -1.97. The molecule has 4 nitrogen and oxygen atoms in total. The Kier molecular flexibility index (Phi) is 3.87. The molecule has 0 saturated carbocycles. The minimum Gasteiger partial charge on any atom is -0.490 e. The van der Waals surface area contributed by atoms with Crippen LogP contribution in [0.2, 0.25) is 0 Å². The van der Waals surface area contributed by atoms with Crippen LogP contribution in [0.25, 0.3) is 0 Å². The van der Waals surface area contributed by atoms with Crippen molar-refractivity contribution in [2.24, 2.45) is 0 Å². The van der Waals surface area contributed by atoms with Gasteiger partial charge >= 0.3 is 5.97 Å². The van der Waals surface area contributed by atoms with E-state index in [1.165, 1.54) is 0 Å². The molecule has 0 bridgehead atoms. The Balaban J connectivity index is 2.15. The van der Waals surface area contributed by atoms with Crippen LogP contribution in [0.3, 0.4) is 0 Å². The first-order chi connectivity index (χ1) is 8.72. The fourth-order valence-electron chi connectivity index (χ4n) is 1.75. The quantitative estimate of drug-likeness (QED) is 0.771. The van der Waals surface area contributed by atoms with Crippen LogP contribution in [-0.2, 0) is 19.0 Å². The molecule has 0 saturated heterocycles. The van der Waals surface area contributed by atoms with Gasteiger partial charge in [-0.25, -0.2) is 4.79 Å². The maximum absolute atomic E-state index is 11.7. The van der Waals surface area contributed by atoms with Crippen molar-refractivity contribution in [3.05, 3.63) is 47.4 Å². The highest BCUT2D eigenvalue weighted by Gasteiger charge is 2.28. The third-order valence-electron chi connectivity index (χ3n) is 2.66. The summed E-state index contributed by atoms with van der Waals surface area (Å²) in [7, 11) is 0. The zero-order chi connectivity index (χ0) is 13.0. The second kappa shape index (κ2) is 5.58. The molecule has 1 heterocycles. The van der Waals surface area contributed by atoms with Crippen molar-refractivity contribution in [3.63, 3.8) is 0 Å². The minimum atomic E-state index is -0.476. The summed E-state index contributed by atoms with van der Waals surface area (Å²) in [4.78, 5) is 11.7. The van der Waals surface area contributed by atoms with Gasteiger partial charge < -0.3 is 14.2 Å². The highest BCUT2D eigenvalue weighted by molar-refractivity contribution is 5.86. The van der Waals surface area contributed by atoms with Crippen LogP contribution in [-0.4, -0.2) is 19.2 Å². The Morgan fingerprint density at radius 1 is 1.39 bits per heavy atom. The highest BCUT2D eigenvalue weighted by atomic mass is 16.6. The van der Waals surface area contributed by atoms with Gasteiger partial charge in [0, 0.05) is 0 Å². The first kappa shape index (κ1) is 12.5. The van der Waals surface area contributed by atoms with Gasteiger partial charge in [-0.1, -0.05) is 30.3 Å². The van der Waals surface area contributed by atoms with Crippen LogP contribution in [0.1, 0.15) is 25.5 Å². The van der Waals surface area contributed by atoms with Crippen molar-refractivity contribution >= 4 is 5.97 Å². The minimum absolute atomic E-state index is 0.164. The monoisotopic (exact) mass is 248 g/mol. The van der Waals surface area contributed by atoms with Crippen molar-refractivity contribution < 1.29 is 19.0 Å². The van der Waals surface area contributed by atoms with Crippen molar-refractivity contribution in [1.82, 2.24) is 0 Å². The predicted octanol–water partition coefficient (Wildman–Crippen LogP) is 2.57. The number of hydrogen-bond donors (Lipinski definition) is 0. The zero-order valence-corrected chi connectivity index (χ0v) is 10.5. The fraction of sp³-hybridized carbons (Fsp3) is 0.357. The van der Waals surface area contributed by atoms with Gasteiger partial charge in [0.25, 0.3) is 0 Å². The summed E-state index contributed by atoms with van der Waals surface area (Å²) < 4.78 is 16.1. The lowest BCUT2D eigenvalue weighted by atomic mass is 10.1. The van der Waals surface area contributed by atoms with Crippen LogP contribution in [0.4, 0.5) is 0 Å². The standard InChI is InChI=1S/C14H16O4/c1-3-16-14(15)13-10(2)17-9-12(18-13)11-7-5-4-6-8-11/h4-8,12H,3,9H2,1-2H3/t12-/m1/s1. The topological polar surface area (TPSA) is 44.8 Å². The van der Waals surface area contributed by atoms with Crippen molar-refractivity contribution in [2.75, 3.05) is 13.2 Å². The van der Waals surface area contributed by atoms with Crippen LogP contribution in [0.15, 0.2) is 41.9 Å². The van der Waals surface area contributed by atoms with E-state index in [9.17, 15) is 4.79 Å². The first-order valence-corrected chi connectivity index (χ1v) is 5.94. The van der Waals surface area contributed by atoms with E-state index >= 15 is 0 Å². The maximum Gasteiger partial charge on any atom is 0.377 e. The molecule has 18 heavy (non-hydrogen) atoms. The van der Waals surface area contributed by atoms with Crippen LogP contribution in [0.5, 0.6) is 0 Å². The normalized spacial score (nSPS) is 18.9. The van der Waals surface area contributed by atoms with Gasteiger partial charge in [-0.2, -0.15) is 0 Å². The van der Waals surface area contributed by atoms with E-state index in [1.54, 1.807) is 13.8 Å². The molecule has 0 aliphatic carbocycles. The lowest BCUT2D eigenvalue weighted by molar-refractivity contribution is -0.147. The van der Waals surface area contributed by atoms with E-state index in [0.29, 0.717) is 19.0 Å². The smallest absolute Gasteiger partial charge is 0.377 e. The fourth-order valence-corrected chi connectivity index (χ4v) is 1.75. The van der Waals surface area contributed by atoms with Crippen molar-refractivity contribution in [1.29, 1.82) is 0 Å². The molecule has 0 aromatic heterocycles. The molecule has 0 amide bonds. The Morgan fingerprint density at radius 2 is 2.11 bits per heavy atom. The number of carbonyl (C=O) groups excluding carboxylic acids is 1. The molecule has 0 radical (unpaired) electrons. The van der Waals surface area contributed by atoms with E-state index in [1.807, 2.05) is 30.3 Å². The summed E-state index contributed by atoms with van der Waals surface area (Å²) in [5, 5.41) is 0. The summed E-state index contributed by atoms with van der Waals surface area (Å²) >= 11 is 0. The SMILES string of the molecule is CCOC(=O)C1=C(C)OC[C@H](c2ccccc2)O1. The number of ether oxygens (including phenoxy) is 3. The molecule has 96 valence electrons. The summed E-state index contributed by atoms with van der Waals surface area (Å²) in [6.07, 6.45) is -0.269. The Labute approximate surface area is 106 Å². The highest BCUT2D eigenvalue weighted by Crippen LogP contribution is 2.28. The molecule has 0 spiro atoms. The molecule has 1 aromatic carbocycles. The third-order valence-corrected chi connectivity index (χ3v) is 2.66. The number of carbonyl (C=O) groups is 1. The molecule has 0 N–H and O–H groups in total. The average molecular weight is 248 g/mol. The van der Waals surface area contributed by atoms with Gasteiger partial charge in [-0.05, 0) is 19.4 Å². The summed E-state index contributed by atoms with van der Waals surface area (Å²) in [5.41, 5.74) is 0.979. The first-order valence-electron chi connectivity index (χ1n) is 5.94. The van der Waals surface area contributed by atoms with E-state index in [4.69, 9.17) is 14.2 Å². The number of benzene rings is 1. The number of rotatable bonds is 3. The molecular formula is C14H16O4. The molecule has 1 atom stereocenters. The molecular weight excluding hydrogens is 232 g/mol. The number of hydrogen-bond acceptors (Lipinski definition) is 4. The number of esters is 1. The summed E-state index contributed by atoms with van der Waals surface area (Å²) in [5.74, 6) is 0.160. The van der Waals surface area contributed by atoms with Gasteiger partial charge in [0.2, 0.25) is 5.76 Å². The summed E-state index contributed by atoms with van der Waals surface area (Å²) in [6.45, 7) is 4.17. The van der Waals surface area contributed by atoms with Gasteiger partial charge in [-0.3, -0.25) is 0 Å². The molecule has 1 aromatic rings. The average Bonchev–Trinajstić information content (AvgIpc) is 2.40. The van der Waals surface area contributed by atoms with Crippen molar-refractivity contribution in [3.8, 4) is 0 Å².